The Hall–Kier alpha value is -1.49. The highest BCUT2D eigenvalue weighted by Crippen LogP contribution is 2.30. The summed E-state index contributed by atoms with van der Waals surface area (Å²) in [5.41, 5.74) is 0. The number of nitrogens with zero attached hydrogens (tertiary/aromatic N) is 1. The minimum absolute atomic E-state index is 0.0797. The van der Waals surface area contributed by atoms with E-state index in [1.54, 1.807) is 11.8 Å². The molecule has 1 aliphatic rings. The summed E-state index contributed by atoms with van der Waals surface area (Å²) < 4.78 is 5.07. The second-order valence-corrected chi connectivity index (χ2v) is 7.47. The van der Waals surface area contributed by atoms with Gasteiger partial charge in [-0.1, -0.05) is 59.7 Å². The molecule has 2 rings (SSSR count). The first-order valence-electron chi connectivity index (χ1n) is 8.63. The Balaban J connectivity index is 0.00000139. The van der Waals surface area contributed by atoms with Crippen LogP contribution in [0.2, 0.25) is 0 Å². The molecule has 0 bridgehead atoms. The van der Waals surface area contributed by atoms with Crippen molar-refractivity contribution in [3.63, 3.8) is 0 Å². The van der Waals surface area contributed by atoms with Gasteiger partial charge in [0.05, 0.1) is 6.04 Å². The third kappa shape index (κ3) is 5.00. The van der Waals surface area contributed by atoms with Crippen LogP contribution in [0.4, 0.5) is 4.79 Å². The van der Waals surface area contributed by atoms with E-state index in [1.807, 2.05) is 71.9 Å². The summed E-state index contributed by atoms with van der Waals surface area (Å²) in [5.74, 6) is -0.200. The molecule has 0 N–H and O–H groups in total. The van der Waals surface area contributed by atoms with Crippen molar-refractivity contribution in [1.82, 2.24) is 4.90 Å². The van der Waals surface area contributed by atoms with Gasteiger partial charge in [0.2, 0.25) is 5.91 Å². The summed E-state index contributed by atoms with van der Waals surface area (Å²) in [4.78, 5) is 27.0. The Morgan fingerprint density at radius 1 is 1.17 bits per heavy atom. The predicted molar refractivity (Wildman–Crippen MR) is 99.1 cm³/mol. The number of carbonyl (C=O) groups excluding carboxylic acids is 2. The van der Waals surface area contributed by atoms with Crippen LogP contribution in [-0.4, -0.2) is 34.8 Å². The second-order valence-electron chi connectivity index (χ2n) is 6.02. The first-order chi connectivity index (χ1) is 11.4. The molecule has 5 heteroatoms. The van der Waals surface area contributed by atoms with Gasteiger partial charge in [0, 0.05) is 16.1 Å². The maximum Gasteiger partial charge on any atom is 0.416 e. The lowest BCUT2D eigenvalue weighted by Crippen LogP contribution is -2.46. The van der Waals surface area contributed by atoms with Crippen LogP contribution in [0, 0.1) is 11.8 Å². The van der Waals surface area contributed by atoms with Crippen molar-refractivity contribution in [2.45, 2.75) is 57.7 Å². The minimum atomic E-state index is -0.507. The first kappa shape index (κ1) is 20.6. The number of benzene rings is 1. The number of hydrogen-bond donors (Lipinski definition) is 0. The molecule has 1 unspecified atom stereocenters. The van der Waals surface area contributed by atoms with Gasteiger partial charge in [-0.05, 0) is 18.1 Å². The highest BCUT2D eigenvalue weighted by Gasteiger charge is 2.42. The fourth-order valence-electron chi connectivity index (χ4n) is 2.42. The van der Waals surface area contributed by atoms with E-state index in [0.717, 1.165) is 4.90 Å². The van der Waals surface area contributed by atoms with Crippen molar-refractivity contribution < 1.29 is 14.3 Å². The van der Waals surface area contributed by atoms with E-state index in [-0.39, 0.29) is 29.0 Å². The van der Waals surface area contributed by atoms with Crippen LogP contribution < -0.4 is 0 Å². The highest BCUT2D eigenvalue weighted by molar-refractivity contribution is 8.00. The number of amides is 2. The van der Waals surface area contributed by atoms with Gasteiger partial charge in [-0.3, -0.25) is 4.79 Å². The summed E-state index contributed by atoms with van der Waals surface area (Å²) in [7, 11) is 0. The Morgan fingerprint density at radius 2 is 1.75 bits per heavy atom. The molecule has 1 aromatic rings. The molecule has 3 atom stereocenters. The number of cyclic esters (lactones) is 1. The molecule has 0 radical (unpaired) electrons. The summed E-state index contributed by atoms with van der Waals surface area (Å²) in [6, 6.07) is 9.83. The number of carbonyl (C=O) groups is 2. The minimum Gasteiger partial charge on any atom is -0.447 e. The number of imide groups is 1. The van der Waals surface area contributed by atoms with Crippen LogP contribution in [0.1, 0.15) is 41.5 Å². The fourth-order valence-corrected chi connectivity index (χ4v) is 3.48. The van der Waals surface area contributed by atoms with Gasteiger partial charge in [0.25, 0.3) is 0 Å². The summed E-state index contributed by atoms with van der Waals surface area (Å²) in [6.07, 6.45) is -0.507. The van der Waals surface area contributed by atoms with E-state index in [9.17, 15) is 9.59 Å². The van der Waals surface area contributed by atoms with Crippen LogP contribution in [0.15, 0.2) is 35.2 Å². The maximum absolute atomic E-state index is 12.7. The van der Waals surface area contributed by atoms with E-state index < -0.39 is 6.09 Å². The standard InChI is InChI=1S/C17H23NO3S.C2H6/c1-11(2)15-10-21-17(20)18(15)16(19)12(3)13(4)22-14-8-6-5-7-9-14;1-2/h5-9,11-13,15H,10H2,1-4H3;1-2H3/t12-,13?,15+;/m0./s1. The maximum atomic E-state index is 12.7. The lowest BCUT2D eigenvalue weighted by atomic mass is 10.0. The lowest BCUT2D eigenvalue weighted by molar-refractivity contribution is -0.133. The molecule has 0 saturated carbocycles. The molecular weight excluding hydrogens is 322 g/mol. The van der Waals surface area contributed by atoms with Crippen LogP contribution in [0.25, 0.3) is 0 Å². The van der Waals surface area contributed by atoms with Gasteiger partial charge in [-0.2, -0.15) is 0 Å². The van der Waals surface area contributed by atoms with Gasteiger partial charge in [0.1, 0.15) is 6.61 Å². The average molecular weight is 352 g/mol. The number of hydrogen-bond acceptors (Lipinski definition) is 4. The largest absolute Gasteiger partial charge is 0.447 e. The van der Waals surface area contributed by atoms with E-state index >= 15 is 0 Å². The third-order valence-electron chi connectivity index (χ3n) is 4.07. The Labute approximate surface area is 149 Å². The third-order valence-corrected chi connectivity index (χ3v) is 5.40. The van der Waals surface area contributed by atoms with E-state index in [0.29, 0.717) is 6.61 Å². The average Bonchev–Trinajstić information content (AvgIpc) is 2.98. The molecule has 1 aliphatic heterocycles. The normalized spacial score (nSPS) is 19.4. The Bertz CT molecular complexity index is 533. The molecule has 2 amide bonds. The van der Waals surface area contributed by atoms with Crippen molar-refractivity contribution >= 4 is 23.8 Å². The second kappa shape index (κ2) is 9.72. The molecule has 1 aromatic carbocycles. The Kier molecular flexibility index (Phi) is 8.32. The molecular formula is C19H29NO3S. The summed E-state index contributed by atoms with van der Waals surface area (Å²) in [5, 5.41) is 0.0797. The zero-order chi connectivity index (χ0) is 18.3. The zero-order valence-electron chi connectivity index (χ0n) is 15.5. The first-order valence-corrected chi connectivity index (χ1v) is 9.51. The zero-order valence-corrected chi connectivity index (χ0v) is 16.3. The van der Waals surface area contributed by atoms with E-state index in [1.165, 1.54) is 4.90 Å². The number of ether oxygens (including phenoxy) is 1. The van der Waals surface area contributed by atoms with Crippen LogP contribution >= 0.6 is 11.8 Å². The van der Waals surface area contributed by atoms with Gasteiger partial charge in [-0.15, -0.1) is 11.8 Å². The van der Waals surface area contributed by atoms with Gasteiger partial charge in [0.15, 0.2) is 0 Å². The van der Waals surface area contributed by atoms with Crippen LogP contribution in [-0.2, 0) is 9.53 Å². The monoisotopic (exact) mass is 351 g/mol. The van der Waals surface area contributed by atoms with Crippen molar-refractivity contribution in [3.8, 4) is 0 Å². The van der Waals surface area contributed by atoms with Crippen molar-refractivity contribution in [1.29, 1.82) is 0 Å². The van der Waals surface area contributed by atoms with Gasteiger partial charge < -0.3 is 4.74 Å². The van der Waals surface area contributed by atoms with Gasteiger partial charge >= 0.3 is 6.09 Å². The van der Waals surface area contributed by atoms with Crippen LogP contribution in [0.5, 0.6) is 0 Å². The van der Waals surface area contributed by atoms with Gasteiger partial charge in [-0.25, -0.2) is 9.69 Å². The molecule has 1 heterocycles. The quantitative estimate of drug-likeness (QED) is 0.713. The summed E-state index contributed by atoms with van der Waals surface area (Å²) in [6.45, 7) is 12.2. The highest BCUT2D eigenvalue weighted by atomic mass is 32.2. The Morgan fingerprint density at radius 3 is 2.29 bits per heavy atom. The van der Waals surface area contributed by atoms with Crippen molar-refractivity contribution in [2.24, 2.45) is 11.8 Å². The van der Waals surface area contributed by atoms with Crippen molar-refractivity contribution in [3.05, 3.63) is 30.3 Å². The van der Waals surface area contributed by atoms with E-state index in [2.05, 4.69) is 0 Å². The van der Waals surface area contributed by atoms with Crippen molar-refractivity contribution in [2.75, 3.05) is 6.61 Å². The number of rotatable bonds is 5. The fraction of sp³-hybridized carbons (Fsp3) is 0.579. The topological polar surface area (TPSA) is 46.6 Å². The summed E-state index contributed by atoms with van der Waals surface area (Å²) >= 11 is 1.65. The number of thioether (sulfide) groups is 1. The SMILES string of the molecule is CC.CC(Sc1ccccc1)[C@H](C)C(=O)N1C(=O)OC[C@@H]1C(C)C. The molecule has 1 saturated heterocycles. The van der Waals surface area contributed by atoms with Crippen LogP contribution in [0.3, 0.4) is 0 Å². The molecule has 134 valence electrons. The smallest absolute Gasteiger partial charge is 0.416 e. The lowest BCUT2D eigenvalue weighted by Gasteiger charge is -2.27. The molecule has 24 heavy (non-hydrogen) atoms. The molecule has 0 spiro atoms. The molecule has 0 aliphatic carbocycles. The molecule has 4 nitrogen and oxygen atoms in total. The predicted octanol–water partition coefficient (Wildman–Crippen LogP) is 4.83. The molecule has 1 fully saturated rings. The molecule has 0 aromatic heterocycles. The van der Waals surface area contributed by atoms with E-state index in [4.69, 9.17) is 4.74 Å².